The number of hydrogen-bond donors (Lipinski definition) is 1. The van der Waals surface area contributed by atoms with Gasteiger partial charge < -0.3 is 10.2 Å². The van der Waals surface area contributed by atoms with E-state index in [-0.39, 0.29) is 5.91 Å². The van der Waals surface area contributed by atoms with Crippen molar-refractivity contribution in [3.05, 3.63) is 78.8 Å². The van der Waals surface area contributed by atoms with Gasteiger partial charge in [-0.25, -0.2) is 9.97 Å². The molecule has 1 amide bonds. The van der Waals surface area contributed by atoms with Crippen LogP contribution in [0.25, 0.3) is 16.9 Å². The number of para-hydroxylation sites is 2. The second kappa shape index (κ2) is 6.92. The van der Waals surface area contributed by atoms with Crippen molar-refractivity contribution in [2.75, 3.05) is 24.3 Å². The molecule has 0 bridgehead atoms. The molecular formula is C21H19N5O. The molecule has 27 heavy (non-hydrogen) atoms. The minimum absolute atomic E-state index is 0.165. The van der Waals surface area contributed by atoms with Crippen molar-refractivity contribution in [1.82, 2.24) is 14.5 Å². The Morgan fingerprint density at radius 3 is 2.63 bits per heavy atom. The Hall–Kier alpha value is -3.67. The molecule has 6 heteroatoms. The van der Waals surface area contributed by atoms with E-state index in [2.05, 4.69) is 15.3 Å². The van der Waals surface area contributed by atoms with Gasteiger partial charge in [0.25, 0.3) is 5.91 Å². The molecule has 6 nitrogen and oxygen atoms in total. The molecule has 1 N–H and O–H groups in total. The first-order valence-electron chi connectivity index (χ1n) is 8.59. The molecule has 2 aromatic heterocycles. The number of nitrogens with zero attached hydrogens (tertiary/aromatic N) is 4. The molecule has 0 atom stereocenters. The van der Waals surface area contributed by atoms with Gasteiger partial charge in [0.05, 0.1) is 22.9 Å². The number of carbonyl (C=O) groups excluding carboxylic acids is 1. The quantitative estimate of drug-likeness (QED) is 0.604. The Labute approximate surface area is 157 Å². The lowest BCUT2D eigenvalue weighted by Crippen LogP contribution is -2.14. The summed E-state index contributed by atoms with van der Waals surface area (Å²) in [5, 5.41) is 2.89. The minimum Gasteiger partial charge on any atom is -0.378 e. The third kappa shape index (κ3) is 3.37. The Morgan fingerprint density at radius 1 is 1.00 bits per heavy atom. The van der Waals surface area contributed by atoms with Crippen LogP contribution in [-0.2, 0) is 0 Å². The molecule has 4 rings (SSSR count). The third-order valence-electron chi connectivity index (χ3n) is 4.33. The molecule has 134 valence electrons. The molecule has 2 heterocycles. The SMILES string of the molecule is CN(C)c1cccc(C(=O)Nc2ccc(-n3cnc4ccccc43)nc2)c1. The summed E-state index contributed by atoms with van der Waals surface area (Å²) in [7, 11) is 3.89. The molecule has 0 radical (unpaired) electrons. The molecular weight excluding hydrogens is 338 g/mol. The average Bonchev–Trinajstić information content (AvgIpc) is 3.13. The summed E-state index contributed by atoms with van der Waals surface area (Å²) in [6.45, 7) is 0. The van der Waals surface area contributed by atoms with Gasteiger partial charge >= 0.3 is 0 Å². The van der Waals surface area contributed by atoms with Gasteiger partial charge in [0.15, 0.2) is 0 Å². The maximum Gasteiger partial charge on any atom is 0.255 e. The van der Waals surface area contributed by atoms with Crippen LogP contribution in [0.1, 0.15) is 10.4 Å². The second-order valence-electron chi connectivity index (χ2n) is 6.41. The minimum atomic E-state index is -0.165. The smallest absolute Gasteiger partial charge is 0.255 e. The predicted octanol–water partition coefficient (Wildman–Crippen LogP) is 3.74. The molecule has 0 saturated heterocycles. The van der Waals surface area contributed by atoms with Gasteiger partial charge in [-0.1, -0.05) is 18.2 Å². The van der Waals surface area contributed by atoms with Gasteiger partial charge in [-0.2, -0.15) is 0 Å². The van der Waals surface area contributed by atoms with Crippen LogP contribution in [0.3, 0.4) is 0 Å². The number of pyridine rings is 1. The van der Waals surface area contributed by atoms with Gasteiger partial charge in [0.2, 0.25) is 0 Å². The van der Waals surface area contributed by atoms with Crippen molar-refractivity contribution in [1.29, 1.82) is 0 Å². The number of nitrogens with one attached hydrogen (secondary N) is 1. The third-order valence-corrected chi connectivity index (χ3v) is 4.33. The van der Waals surface area contributed by atoms with E-state index in [1.54, 1.807) is 18.6 Å². The number of aromatic nitrogens is 3. The molecule has 0 aliphatic carbocycles. The lowest BCUT2D eigenvalue weighted by Gasteiger charge is -2.13. The van der Waals surface area contributed by atoms with E-state index in [9.17, 15) is 4.79 Å². The number of fused-ring (bicyclic) bond motifs is 1. The van der Waals surface area contributed by atoms with Gasteiger partial charge in [-0.15, -0.1) is 0 Å². The number of anilines is 2. The fourth-order valence-electron chi connectivity index (χ4n) is 2.87. The highest BCUT2D eigenvalue weighted by Crippen LogP contribution is 2.19. The largest absolute Gasteiger partial charge is 0.378 e. The standard InChI is InChI=1S/C21H19N5O/c1-25(2)17-7-5-6-15(12-17)21(27)24-16-10-11-20(22-13-16)26-14-23-18-8-3-4-9-19(18)26/h3-14H,1-2H3,(H,24,27). The van der Waals surface area contributed by atoms with E-state index >= 15 is 0 Å². The molecule has 0 fully saturated rings. The summed E-state index contributed by atoms with van der Waals surface area (Å²) < 4.78 is 1.92. The summed E-state index contributed by atoms with van der Waals surface area (Å²) in [5.74, 6) is 0.581. The van der Waals surface area contributed by atoms with Crippen LogP contribution in [0, 0.1) is 0 Å². The van der Waals surface area contributed by atoms with Crippen molar-refractivity contribution in [2.24, 2.45) is 0 Å². The van der Waals surface area contributed by atoms with Crippen molar-refractivity contribution >= 4 is 28.3 Å². The summed E-state index contributed by atoms with van der Waals surface area (Å²) in [5.41, 5.74) is 4.12. The average molecular weight is 357 g/mol. The maximum absolute atomic E-state index is 12.5. The summed E-state index contributed by atoms with van der Waals surface area (Å²) >= 11 is 0. The van der Waals surface area contributed by atoms with Crippen molar-refractivity contribution in [2.45, 2.75) is 0 Å². The van der Waals surface area contributed by atoms with E-state index in [4.69, 9.17) is 0 Å². The van der Waals surface area contributed by atoms with Crippen molar-refractivity contribution in [3.8, 4) is 5.82 Å². The highest BCUT2D eigenvalue weighted by Gasteiger charge is 2.09. The monoisotopic (exact) mass is 357 g/mol. The molecule has 4 aromatic rings. The molecule has 0 aliphatic rings. The Morgan fingerprint density at radius 2 is 1.85 bits per heavy atom. The van der Waals surface area contributed by atoms with Crippen LogP contribution in [0.4, 0.5) is 11.4 Å². The normalized spacial score (nSPS) is 10.7. The first kappa shape index (κ1) is 16.8. The first-order chi connectivity index (χ1) is 13.1. The number of carbonyl (C=O) groups is 1. The number of amides is 1. The fourth-order valence-corrected chi connectivity index (χ4v) is 2.87. The maximum atomic E-state index is 12.5. The molecule has 0 saturated carbocycles. The topological polar surface area (TPSA) is 63.1 Å². The van der Waals surface area contributed by atoms with Gasteiger partial charge in [-0.05, 0) is 42.5 Å². The number of hydrogen-bond acceptors (Lipinski definition) is 4. The van der Waals surface area contributed by atoms with Crippen LogP contribution in [0.5, 0.6) is 0 Å². The highest BCUT2D eigenvalue weighted by molar-refractivity contribution is 6.04. The molecule has 0 aliphatic heterocycles. The zero-order valence-electron chi connectivity index (χ0n) is 15.1. The van der Waals surface area contributed by atoms with E-state index in [0.717, 1.165) is 22.5 Å². The molecule has 0 spiro atoms. The summed E-state index contributed by atoms with van der Waals surface area (Å²) in [6, 6.07) is 19.1. The summed E-state index contributed by atoms with van der Waals surface area (Å²) in [6.07, 6.45) is 3.40. The number of rotatable bonds is 4. The first-order valence-corrected chi connectivity index (χ1v) is 8.59. The Kier molecular flexibility index (Phi) is 4.30. The van der Waals surface area contributed by atoms with E-state index in [1.807, 2.05) is 78.2 Å². The van der Waals surface area contributed by atoms with Crippen molar-refractivity contribution < 1.29 is 4.79 Å². The Balaban J connectivity index is 1.54. The number of imidazole rings is 1. The molecule has 0 unspecified atom stereocenters. The van der Waals surface area contributed by atoms with Gasteiger partial charge in [0.1, 0.15) is 12.1 Å². The lowest BCUT2D eigenvalue weighted by atomic mass is 10.2. The Bertz CT molecular complexity index is 1100. The molecule has 2 aromatic carbocycles. The van der Waals surface area contributed by atoms with Crippen LogP contribution in [-0.4, -0.2) is 34.5 Å². The summed E-state index contributed by atoms with van der Waals surface area (Å²) in [4.78, 5) is 23.3. The van der Waals surface area contributed by atoms with Crippen LogP contribution in [0.15, 0.2) is 73.2 Å². The predicted molar refractivity (Wildman–Crippen MR) is 108 cm³/mol. The van der Waals surface area contributed by atoms with Crippen LogP contribution < -0.4 is 10.2 Å². The zero-order chi connectivity index (χ0) is 18.8. The van der Waals surface area contributed by atoms with Crippen LogP contribution in [0.2, 0.25) is 0 Å². The zero-order valence-corrected chi connectivity index (χ0v) is 15.1. The van der Waals surface area contributed by atoms with E-state index in [0.29, 0.717) is 11.3 Å². The van der Waals surface area contributed by atoms with Crippen LogP contribution >= 0.6 is 0 Å². The van der Waals surface area contributed by atoms with Gasteiger partial charge in [-0.3, -0.25) is 9.36 Å². The second-order valence-corrected chi connectivity index (χ2v) is 6.41. The van der Waals surface area contributed by atoms with E-state index < -0.39 is 0 Å². The van der Waals surface area contributed by atoms with Gasteiger partial charge in [0, 0.05) is 25.3 Å². The van der Waals surface area contributed by atoms with Crippen molar-refractivity contribution in [3.63, 3.8) is 0 Å². The lowest BCUT2D eigenvalue weighted by molar-refractivity contribution is 0.102. The number of benzene rings is 2. The fraction of sp³-hybridized carbons (Fsp3) is 0.0952. The highest BCUT2D eigenvalue weighted by atomic mass is 16.1. The van der Waals surface area contributed by atoms with E-state index in [1.165, 1.54) is 0 Å².